The Morgan fingerprint density at radius 2 is 1.89 bits per heavy atom. The van der Waals surface area contributed by atoms with Crippen molar-refractivity contribution in [1.29, 1.82) is 5.26 Å². The molecule has 1 N–H and O–H groups in total. The molecule has 0 radical (unpaired) electrons. The molecule has 0 saturated carbocycles. The number of hydrogen-bond donors (Lipinski definition) is 1. The Morgan fingerprint density at radius 1 is 1.11 bits per heavy atom. The quantitative estimate of drug-likeness (QED) is 0.888. The Kier molecular flexibility index (Phi) is 3.49. The van der Waals surface area contributed by atoms with E-state index in [-0.39, 0.29) is 0 Å². The summed E-state index contributed by atoms with van der Waals surface area (Å²) in [6, 6.07) is 15.4. The standard InChI is InChI=1S/C15H14N2O/c1-11-8-14(6-7-15(11)18-2)17-13-5-3-4-12(9-13)10-16/h3-9,17H,1-2H3. The molecule has 0 aliphatic carbocycles. The Balaban J connectivity index is 2.23. The Bertz CT molecular complexity index is 600. The van der Waals surface area contributed by atoms with Crippen LogP contribution < -0.4 is 10.1 Å². The van der Waals surface area contributed by atoms with Gasteiger partial charge in [0.2, 0.25) is 0 Å². The van der Waals surface area contributed by atoms with E-state index in [0.29, 0.717) is 5.56 Å². The number of rotatable bonds is 3. The lowest BCUT2D eigenvalue weighted by Crippen LogP contribution is -1.93. The summed E-state index contributed by atoms with van der Waals surface area (Å²) in [5.41, 5.74) is 3.59. The third-order valence-electron chi connectivity index (χ3n) is 2.68. The first-order valence-electron chi connectivity index (χ1n) is 5.65. The second kappa shape index (κ2) is 5.24. The molecule has 0 aliphatic rings. The van der Waals surface area contributed by atoms with Gasteiger partial charge < -0.3 is 10.1 Å². The summed E-state index contributed by atoms with van der Waals surface area (Å²) in [6.07, 6.45) is 0. The fraction of sp³-hybridized carbons (Fsp3) is 0.133. The van der Waals surface area contributed by atoms with E-state index in [9.17, 15) is 0 Å². The van der Waals surface area contributed by atoms with Crippen molar-refractivity contribution in [3.8, 4) is 11.8 Å². The molecule has 2 aromatic carbocycles. The van der Waals surface area contributed by atoms with E-state index in [1.165, 1.54) is 0 Å². The van der Waals surface area contributed by atoms with Crippen LogP contribution in [0.3, 0.4) is 0 Å². The van der Waals surface area contributed by atoms with Crippen LogP contribution in [-0.2, 0) is 0 Å². The zero-order valence-electron chi connectivity index (χ0n) is 10.4. The highest BCUT2D eigenvalue weighted by molar-refractivity contribution is 5.63. The van der Waals surface area contributed by atoms with Crippen molar-refractivity contribution >= 4 is 11.4 Å². The maximum Gasteiger partial charge on any atom is 0.121 e. The van der Waals surface area contributed by atoms with Gasteiger partial charge in [-0.2, -0.15) is 5.26 Å². The average molecular weight is 238 g/mol. The molecule has 0 heterocycles. The van der Waals surface area contributed by atoms with Gasteiger partial charge in [-0.15, -0.1) is 0 Å². The average Bonchev–Trinajstić information content (AvgIpc) is 2.39. The number of nitriles is 1. The van der Waals surface area contributed by atoms with Crippen molar-refractivity contribution in [1.82, 2.24) is 0 Å². The highest BCUT2D eigenvalue weighted by Gasteiger charge is 2.01. The third-order valence-corrected chi connectivity index (χ3v) is 2.68. The molecule has 0 aliphatic heterocycles. The maximum absolute atomic E-state index is 8.85. The van der Waals surface area contributed by atoms with Crippen molar-refractivity contribution in [2.45, 2.75) is 6.92 Å². The van der Waals surface area contributed by atoms with E-state index in [1.54, 1.807) is 13.2 Å². The molecule has 3 heteroatoms. The Labute approximate surface area is 107 Å². The SMILES string of the molecule is COc1ccc(Nc2cccc(C#N)c2)cc1C. The maximum atomic E-state index is 8.85. The minimum Gasteiger partial charge on any atom is -0.496 e. The van der Waals surface area contributed by atoms with Gasteiger partial charge in [0.15, 0.2) is 0 Å². The molecule has 3 nitrogen and oxygen atoms in total. The molecule has 0 fully saturated rings. The number of ether oxygens (including phenoxy) is 1. The molecule has 90 valence electrons. The second-order valence-electron chi connectivity index (χ2n) is 4.00. The summed E-state index contributed by atoms with van der Waals surface area (Å²) in [7, 11) is 1.66. The first kappa shape index (κ1) is 12.0. The van der Waals surface area contributed by atoms with Gasteiger partial charge in [0.1, 0.15) is 5.75 Å². The van der Waals surface area contributed by atoms with Gasteiger partial charge in [-0.3, -0.25) is 0 Å². The molecule has 0 atom stereocenters. The Morgan fingerprint density at radius 3 is 2.56 bits per heavy atom. The van der Waals surface area contributed by atoms with Gasteiger partial charge in [0.25, 0.3) is 0 Å². The summed E-state index contributed by atoms with van der Waals surface area (Å²) in [5, 5.41) is 12.1. The lowest BCUT2D eigenvalue weighted by atomic mass is 10.1. The minimum atomic E-state index is 0.644. The molecule has 0 saturated heterocycles. The lowest BCUT2D eigenvalue weighted by molar-refractivity contribution is 0.412. The first-order valence-corrected chi connectivity index (χ1v) is 5.65. The van der Waals surface area contributed by atoms with Crippen LogP contribution in [0.2, 0.25) is 0 Å². The first-order chi connectivity index (χ1) is 8.72. The van der Waals surface area contributed by atoms with Crippen LogP contribution in [0.15, 0.2) is 42.5 Å². The van der Waals surface area contributed by atoms with E-state index in [1.807, 2.05) is 43.3 Å². The highest BCUT2D eigenvalue weighted by Crippen LogP contribution is 2.24. The molecule has 0 aromatic heterocycles. The van der Waals surface area contributed by atoms with Gasteiger partial charge in [0.05, 0.1) is 18.7 Å². The van der Waals surface area contributed by atoms with Gasteiger partial charge in [-0.05, 0) is 48.9 Å². The predicted octanol–water partition coefficient (Wildman–Crippen LogP) is 3.62. The van der Waals surface area contributed by atoms with E-state index in [2.05, 4.69) is 11.4 Å². The number of methoxy groups -OCH3 is 1. The molecular formula is C15H14N2O. The largest absolute Gasteiger partial charge is 0.496 e. The number of nitrogens with one attached hydrogen (secondary N) is 1. The van der Waals surface area contributed by atoms with Crippen molar-refractivity contribution < 1.29 is 4.74 Å². The molecule has 18 heavy (non-hydrogen) atoms. The summed E-state index contributed by atoms with van der Waals surface area (Å²) >= 11 is 0. The Hall–Kier alpha value is -2.47. The fourth-order valence-corrected chi connectivity index (χ4v) is 1.79. The molecule has 2 rings (SSSR count). The molecule has 0 unspecified atom stereocenters. The third kappa shape index (κ3) is 2.61. The van der Waals surface area contributed by atoms with E-state index in [4.69, 9.17) is 10.00 Å². The van der Waals surface area contributed by atoms with Crippen molar-refractivity contribution in [3.63, 3.8) is 0 Å². The number of aryl methyl sites for hydroxylation is 1. The van der Waals surface area contributed by atoms with Gasteiger partial charge in [-0.25, -0.2) is 0 Å². The van der Waals surface area contributed by atoms with Gasteiger partial charge in [-0.1, -0.05) is 6.07 Å². The molecule has 2 aromatic rings. The van der Waals surface area contributed by atoms with Crippen LogP contribution in [0.5, 0.6) is 5.75 Å². The fourth-order valence-electron chi connectivity index (χ4n) is 1.79. The van der Waals surface area contributed by atoms with Crippen LogP contribution in [0.25, 0.3) is 0 Å². The highest BCUT2D eigenvalue weighted by atomic mass is 16.5. The topological polar surface area (TPSA) is 45.0 Å². The summed E-state index contributed by atoms with van der Waals surface area (Å²) < 4.78 is 5.22. The number of anilines is 2. The van der Waals surface area contributed by atoms with Crippen molar-refractivity contribution in [2.75, 3.05) is 12.4 Å². The van der Waals surface area contributed by atoms with Crippen LogP contribution in [0, 0.1) is 18.3 Å². The number of hydrogen-bond acceptors (Lipinski definition) is 3. The molecule has 0 amide bonds. The second-order valence-corrected chi connectivity index (χ2v) is 4.00. The van der Waals surface area contributed by atoms with E-state index < -0.39 is 0 Å². The monoisotopic (exact) mass is 238 g/mol. The normalized spacial score (nSPS) is 9.61. The smallest absolute Gasteiger partial charge is 0.121 e. The summed E-state index contributed by atoms with van der Waals surface area (Å²) in [4.78, 5) is 0. The van der Waals surface area contributed by atoms with Crippen LogP contribution >= 0.6 is 0 Å². The zero-order valence-corrected chi connectivity index (χ0v) is 10.4. The van der Waals surface area contributed by atoms with Gasteiger partial charge >= 0.3 is 0 Å². The van der Waals surface area contributed by atoms with Crippen LogP contribution in [0.4, 0.5) is 11.4 Å². The zero-order chi connectivity index (χ0) is 13.0. The van der Waals surface area contributed by atoms with E-state index in [0.717, 1.165) is 22.7 Å². The minimum absolute atomic E-state index is 0.644. The lowest BCUT2D eigenvalue weighted by Gasteiger charge is -2.10. The van der Waals surface area contributed by atoms with Crippen LogP contribution in [-0.4, -0.2) is 7.11 Å². The van der Waals surface area contributed by atoms with Crippen LogP contribution in [0.1, 0.15) is 11.1 Å². The van der Waals surface area contributed by atoms with Crippen molar-refractivity contribution in [2.24, 2.45) is 0 Å². The number of nitrogens with zero attached hydrogens (tertiary/aromatic N) is 1. The van der Waals surface area contributed by atoms with Crippen molar-refractivity contribution in [3.05, 3.63) is 53.6 Å². The molecule has 0 spiro atoms. The summed E-state index contributed by atoms with van der Waals surface area (Å²) in [6.45, 7) is 2.00. The van der Waals surface area contributed by atoms with E-state index >= 15 is 0 Å². The summed E-state index contributed by atoms with van der Waals surface area (Å²) in [5.74, 6) is 0.867. The number of benzene rings is 2. The van der Waals surface area contributed by atoms with Gasteiger partial charge in [0, 0.05) is 11.4 Å². The molecular weight excluding hydrogens is 224 g/mol. The predicted molar refractivity (Wildman–Crippen MR) is 72.2 cm³/mol. The molecule has 0 bridgehead atoms.